The van der Waals surface area contributed by atoms with E-state index in [4.69, 9.17) is 11.5 Å². The number of hydrogen-bond donors (Lipinski definition) is 4. The Balaban J connectivity index is 2.52. The van der Waals surface area contributed by atoms with Crippen LogP contribution in [-0.4, -0.2) is 30.0 Å². The molecule has 0 aromatic carbocycles. The second kappa shape index (κ2) is 5.64. The Morgan fingerprint density at radius 3 is 2.65 bits per heavy atom. The summed E-state index contributed by atoms with van der Waals surface area (Å²) in [6.07, 6.45) is 0.917. The maximum absolute atomic E-state index is 12.8. The molecule has 0 radical (unpaired) electrons. The van der Waals surface area contributed by atoms with Crippen LogP contribution in [0.1, 0.15) is 10.4 Å². The number of halogens is 1. The van der Waals surface area contributed by atoms with Crippen molar-refractivity contribution in [1.82, 2.24) is 15.6 Å². The molecule has 0 spiro atoms. The highest BCUT2D eigenvalue weighted by atomic mass is 19.1. The summed E-state index contributed by atoms with van der Waals surface area (Å²) in [4.78, 5) is 25.4. The minimum absolute atomic E-state index is 0.0518. The van der Waals surface area contributed by atoms with Gasteiger partial charge in [0.05, 0.1) is 11.8 Å². The lowest BCUT2D eigenvalue weighted by atomic mass is 10.2. The number of nitrogen functional groups attached to an aromatic ring is 1. The second-order valence-corrected chi connectivity index (χ2v) is 3.13. The second-order valence-electron chi connectivity index (χ2n) is 3.13. The molecule has 1 aromatic heterocycles. The number of aromatic nitrogens is 1. The number of carbonyl (C=O) groups excluding carboxylic acids is 2. The van der Waals surface area contributed by atoms with E-state index in [0.29, 0.717) is 0 Å². The van der Waals surface area contributed by atoms with E-state index >= 15 is 0 Å². The van der Waals surface area contributed by atoms with Gasteiger partial charge in [0.1, 0.15) is 11.6 Å². The first-order chi connectivity index (χ1) is 8.00. The van der Waals surface area contributed by atoms with Gasteiger partial charge in [0.15, 0.2) is 0 Å². The van der Waals surface area contributed by atoms with E-state index in [9.17, 15) is 14.0 Å². The molecule has 0 saturated carbocycles. The van der Waals surface area contributed by atoms with Crippen LogP contribution in [0.4, 0.5) is 15.0 Å². The normalized spacial score (nSPS) is 9.71. The third kappa shape index (κ3) is 3.93. The van der Waals surface area contributed by atoms with Crippen molar-refractivity contribution in [2.75, 3.05) is 18.8 Å². The van der Waals surface area contributed by atoms with Gasteiger partial charge in [-0.1, -0.05) is 0 Å². The van der Waals surface area contributed by atoms with Gasteiger partial charge in [-0.2, -0.15) is 0 Å². The minimum atomic E-state index is -0.689. The lowest BCUT2D eigenvalue weighted by Gasteiger charge is -2.07. The van der Waals surface area contributed by atoms with Crippen LogP contribution < -0.4 is 22.1 Å². The predicted molar refractivity (Wildman–Crippen MR) is 58.5 cm³/mol. The maximum atomic E-state index is 12.8. The Morgan fingerprint density at radius 2 is 2.00 bits per heavy atom. The SMILES string of the molecule is NC(=O)NCCNC(=O)c1cc(F)cnc1N. The van der Waals surface area contributed by atoms with Gasteiger partial charge in [-0.25, -0.2) is 14.2 Å². The van der Waals surface area contributed by atoms with Crippen LogP contribution in [0.2, 0.25) is 0 Å². The number of nitrogens with one attached hydrogen (secondary N) is 2. The van der Waals surface area contributed by atoms with Crippen LogP contribution in [0.5, 0.6) is 0 Å². The zero-order valence-electron chi connectivity index (χ0n) is 8.87. The number of rotatable bonds is 4. The van der Waals surface area contributed by atoms with Gasteiger partial charge in [0.25, 0.3) is 5.91 Å². The third-order valence-electron chi connectivity index (χ3n) is 1.84. The number of nitrogens with zero attached hydrogens (tertiary/aromatic N) is 1. The Kier molecular flexibility index (Phi) is 4.21. The largest absolute Gasteiger partial charge is 0.383 e. The van der Waals surface area contributed by atoms with E-state index in [1.165, 1.54) is 0 Å². The summed E-state index contributed by atoms with van der Waals surface area (Å²) in [6.45, 7) is 0.321. The quantitative estimate of drug-likeness (QED) is 0.515. The van der Waals surface area contributed by atoms with Gasteiger partial charge in [-0.05, 0) is 6.07 Å². The molecule has 1 heterocycles. The molecule has 8 heteroatoms. The Morgan fingerprint density at radius 1 is 1.35 bits per heavy atom. The van der Waals surface area contributed by atoms with E-state index in [1.807, 2.05) is 0 Å². The van der Waals surface area contributed by atoms with Crippen LogP contribution in [0, 0.1) is 5.82 Å². The molecule has 1 aromatic rings. The molecule has 0 saturated heterocycles. The van der Waals surface area contributed by atoms with E-state index in [-0.39, 0.29) is 24.5 Å². The van der Waals surface area contributed by atoms with Crippen molar-refractivity contribution >= 4 is 17.8 Å². The predicted octanol–water partition coefficient (Wildman–Crippen LogP) is -0.799. The molecule has 92 valence electrons. The fourth-order valence-corrected chi connectivity index (χ4v) is 1.09. The number of urea groups is 1. The summed E-state index contributed by atoms with van der Waals surface area (Å²) in [5.41, 5.74) is 10.2. The van der Waals surface area contributed by atoms with Gasteiger partial charge in [0.2, 0.25) is 0 Å². The average Bonchev–Trinajstić information content (AvgIpc) is 2.27. The van der Waals surface area contributed by atoms with Crippen molar-refractivity contribution in [1.29, 1.82) is 0 Å². The van der Waals surface area contributed by atoms with Crippen molar-refractivity contribution in [2.24, 2.45) is 5.73 Å². The summed E-state index contributed by atoms with van der Waals surface area (Å²) >= 11 is 0. The number of hydrogen-bond acceptors (Lipinski definition) is 4. The molecule has 1 rings (SSSR count). The molecule has 0 aliphatic carbocycles. The lowest BCUT2D eigenvalue weighted by Crippen LogP contribution is -2.37. The Bertz CT molecular complexity index is 437. The molecule has 3 amide bonds. The van der Waals surface area contributed by atoms with Gasteiger partial charge in [-0.15, -0.1) is 0 Å². The lowest BCUT2D eigenvalue weighted by molar-refractivity contribution is 0.0954. The van der Waals surface area contributed by atoms with Crippen molar-refractivity contribution in [2.45, 2.75) is 0 Å². The van der Waals surface area contributed by atoms with E-state index < -0.39 is 17.8 Å². The van der Waals surface area contributed by atoms with Crippen LogP contribution >= 0.6 is 0 Å². The van der Waals surface area contributed by atoms with Crippen LogP contribution in [-0.2, 0) is 0 Å². The molecular formula is C9H12FN5O2. The number of pyridine rings is 1. The molecule has 0 unspecified atom stereocenters. The minimum Gasteiger partial charge on any atom is -0.383 e. The van der Waals surface area contributed by atoms with Gasteiger partial charge < -0.3 is 22.1 Å². The maximum Gasteiger partial charge on any atom is 0.312 e. The van der Waals surface area contributed by atoms with Crippen LogP contribution in [0.15, 0.2) is 12.3 Å². The number of amides is 3. The van der Waals surface area contributed by atoms with Crippen molar-refractivity contribution < 1.29 is 14.0 Å². The van der Waals surface area contributed by atoms with Crippen molar-refractivity contribution in [3.05, 3.63) is 23.6 Å². The van der Waals surface area contributed by atoms with Crippen LogP contribution in [0.25, 0.3) is 0 Å². The first-order valence-electron chi connectivity index (χ1n) is 4.73. The van der Waals surface area contributed by atoms with Crippen molar-refractivity contribution in [3.8, 4) is 0 Å². The Labute approximate surface area is 96.4 Å². The standard InChI is InChI=1S/C9H12FN5O2/c10-5-3-6(7(11)15-4-5)8(16)13-1-2-14-9(12)17/h3-4H,1-2H2,(H2,11,15)(H,13,16)(H3,12,14,17). The smallest absolute Gasteiger partial charge is 0.312 e. The molecule has 0 aliphatic rings. The monoisotopic (exact) mass is 241 g/mol. The van der Waals surface area contributed by atoms with Gasteiger partial charge in [-0.3, -0.25) is 4.79 Å². The highest BCUT2D eigenvalue weighted by molar-refractivity contribution is 5.98. The molecule has 0 bridgehead atoms. The number of nitrogens with two attached hydrogens (primary N) is 2. The van der Waals surface area contributed by atoms with Gasteiger partial charge >= 0.3 is 6.03 Å². The zero-order chi connectivity index (χ0) is 12.8. The fourth-order valence-electron chi connectivity index (χ4n) is 1.09. The third-order valence-corrected chi connectivity index (χ3v) is 1.84. The molecule has 6 N–H and O–H groups in total. The summed E-state index contributed by atoms with van der Waals surface area (Å²) < 4.78 is 12.8. The summed E-state index contributed by atoms with van der Waals surface area (Å²) in [5.74, 6) is -1.29. The molecule has 0 aliphatic heterocycles. The van der Waals surface area contributed by atoms with E-state index in [2.05, 4.69) is 15.6 Å². The molecule has 0 atom stereocenters. The highest BCUT2D eigenvalue weighted by Crippen LogP contribution is 2.09. The fraction of sp³-hybridized carbons (Fsp3) is 0.222. The topological polar surface area (TPSA) is 123 Å². The van der Waals surface area contributed by atoms with Gasteiger partial charge in [0, 0.05) is 13.1 Å². The molecule has 7 nitrogen and oxygen atoms in total. The van der Waals surface area contributed by atoms with E-state index in [1.54, 1.807) is 0 Å². The van der Waals surface area contributed by atoms with Crippen molar-refractivity contribution in [3.63, 3.8) is 0 Å². The first kappa shape index (κ1) is 12.7. The zero-order valence-corrected chi connectivity index (χ0v) is 8.87. The summed E-state index contributed by atoms with van der Waals surface area (Å²) in [7, 11) is 0. The summed E-state index contributed by atoms with van der Waals surface area (Å²) in [5, 5.41) is 4.71. The molecule has 17 heavy (non-hydrogen) atoms. The molecular weight excluding hydrogens is 229 g/mol. The first-order valence-corrected chi connectivity index (χ1v) is 4.73. The summed E-state index contributed by atoms with van der Waals surface area (Å²) in [6, 6.07) is 0.297. The number of primary amides is 1. The number of anilines is 1. The van der Waals surface area contributed by atoms with E-state index in [0.717, 1.165) is 12.3 Å². The average molecular weight is 241 g/mol. The highest BCUT2D eigenvalue weighted by Gasteiger charge is 2.11. The molecule has 0 fully saturated rings. The van der Waals surface area contributed by atoms with Crippen LogP contribution in [0.3, 0.4) is 0 Å². The number of carbonyl (C=O) groups is 2. The Hall–Kier alpha value is -2.38.